The summed E-state index contributed by atoms with van der Waals surface area (Å²) in [6, 6.07) is 8.35. The van der Waals surface area contributed by atoms with Crippen LogP contribution in [0.2, 0.25) is 9.36 Å². The Morgan fingerprint density at radius 3 is 2.54 bits per heavy atom. The van der Waals surface area contributed by atoms with Crippen molar-refractivity contribution in [3.63, 3.8) is 0 Å². The number of carbonyl (C=O) groups is 3. The molecule has 1 aromatic carbocycles. The molecule has 1 N–H and O–H groups in total. The van der Waals surface area contributed by atoms with Gasteiger partial charge in [0, 0.05) is 17.1 Å². The molecule has 138 valence electrons. The first-order valence-electron chi connectivity index (χ1n) is 7.81. The van der Waals surface area contributed by atoms with Crippen molar-refractivity contribution >= 4 is 57.9 Å². The second kappa shape index (κ2) is 9.16. The number of rotatable bonds is 7. The maximum absolute atomic E-state index is 12.2. The van der Waals surface area contributed by atoms with E-state index in [9.17, 15) is 14.4 Å². The Labute approximate surface area is 165 Å². The van der Waals surface area contributed by atoms with Crippen molar-refractivity contribution in [2.24, 2.45) is 0 Å². The summed E-state index contributed by atoms with van der Waals surface area (Å²) in [5, 5.41) is 3.16. The second-order valence-electron chi connectivity index (χ2n) is 5.61. The van der Waals surface area contributed by atoms with E-state index in [1.165, 1.54) is 6.92 Å². The number of ketones is 1. The van der Waals surface area contributed by atoms with Crippen molar-refractivity contribution in [3.05, 3.63) is 50.1 Å². The summed E-state index contributed by atoms with van der Waals surface area (Å²) in [6.07, 6.45) is -1.10. The first-order valence-corrected chi connectivity index (χ1v) is 9.38. The molecule has 1 aromatic heterocycles. The molecule has 8 heteroatoms. The minimum atomic E-state index is -0.993. The van der Waals surface area contributed by atoms with Gasteiger partial charge in [-0.2, -0.15) is 0 Å². The number of hydrogen-bond donors (Lipinski definition) is 1. The van der Waals surface area contributed by atoms with Crippen molar-refractivity contribution < 1.29 is 19.1 Å². The van der Waals surface area contributed by atoms with Crippen LogP contribution >= 0.6 is 34.5 Å². The van der Waals surface area contributed by atoms with Crippen LogP contribution in [0.4, 0.5) is 5.69 Å². The van der Waals surface area contributed by atoms with Gasteiger partial charge in [0.15, 0.2) is 11.9 Å². The number of amides is 1. The Morgan fingerprint density at radius 2 is 1.88 bits per heavy atom. The van der Waals surface area contributed by atoms with Crippen LogP contribution in [0.3, 0.4) is 0 Å². The van der Waals surface area contributed by atoms with E-state index in [2.05, 4.69) is 5.32 Å². The smallest absolute Gasteiger partial charge is 0.307 e. The molecule has 0 aliphatic carbocycles. The van der Waals surface area contributed by atoms with E-state index in [4.69, 9.17) is 27.9 Å². The number of carbonyl (C=O) groups excluding carboxylic acids is 3. The van der Waals surface area contributed by atoms with Crippen LogP contribution in [0, 0.1) is 6.92 Å². The molecule has 0 bridgehead atoms. The molecule has 2 rings (SSSR count). The van der Waals surface area contributed by atoms with E-state index >= 15 is 0 Å². The number of benzene rings is 1. The highest BCUT2D eigenvalue weighted by molar-refractivity contribution is 7.18. The maximum atomic E-state index is 12.2. The lowest BCUT2D eigenvalue weighted by molar-refractivity contribution is -0.153. The van der Waals surface area contributed by atoms with E-state index < -0.39 is 18.0 Å². The largest absolute Gasteiger partial charge is 0.453 e. The highest BCUT2D eigenvalue weighted by Gasteiger charge is 2.20. The van der Waals surface area contributed by atoms with Gasteiger partial charge in [-0.3, -0.25) is 14.4 Å². The van der Waals surface area contributed by atoms with E-state index in [-0.39, 0.29) is 18.6 Å². The van der Waals surface area contributed by atoms with Crippen LogP contribution in [-0.4, -0.2) is 23.8 Å². The molecule has 2 aromatic rings. The molecule has 1 heterocycles. The zero-order chi connectivity index (χ0) is 19.3. The molecule has 0 unspecified atom stereocenters. The van der Waals surface area contributed by atoms with Crippen LogP contribution < -0.4 is 5.32 Å². The number of ether oxygens (including phenoxy) is 1. The summed E-state index contributed by atoms with van der Waals surface area (Å²) in [5.41, 5.74) is 1.39. The monoisotopic (exact) mass is 413 g/mol. The first-order chi connectivity index (χ1) is 12.3. The summed E-state index contributed by atoms with van der Waals surface area (Å²) >= 11 is 12.9. The number of nitrogens with one attached hydrogen (secondary N) is 1. The number of Topliss-reactive ketones (excluding diaryl/α,β-unsaturated/α-hetero) is 1. The molecule has 0 saturated heterocycles. The van der Waals surface area contributed by atoms with Gasteiger partial charge < -0.3 is 10.1 Å². The first kappa shape index (κ1) is 20.4. The number of aryl methyl sites for hydroxylation is 1. The topological polar surface area (TPSA) is 72.5 Å². The number of thiophene rings is 1. The lowest BCUT2D eigenvalue weighted by Gasteiger charge is -2.14. The highest BCUT2D eigenvalue weighted by atomic mass is 35.5. The fourth-order valence-corrected chi connectivity index (χ4v) is 3.26. The Kier molecular flexibility index (Phi) is 7.20. The van der Waals surface area contributed by atoms with Gasteiger partial charge in [0.05, 0.1) is 15.6 Å². The van der Waals surface area contributed by atoms with E-state index in [1.54, 1.807) is 30.3 Å². The lowest BCUT2D eigenvalue weighted by Crippen LogP contribution is -2.30. The Balaban J connectivity index is 1.83. The highest BCUT2D eigenvalue weighted by Crippen LogP contribution is 2.23. The third-order valence-electron chi connectivity index (χ3n) is 3.54. The summed E-state index contributed by atoms with van der Waals surface area (Å²) < 4.78 is 5.60. The average molecular weight is 414 g/mol. The van der Waals surface area contributed by atoms with Crippen molar-refractivity contribution in [2.45, 2.75) is 32.8 Å². The fourth-order valence-electron chi connectivity index (χ4n) is 2.08. The zero-order valence-electron chi connectivity index (χ0n) is 14.2. The van der Waals surface area contributed by atoms with Crippen molar-refractivity contribution in [1.82, 2.24) is 0 Å². The number of hydrogen-bond acceptors (Lipinski definition) is 5. The van der Waals surface area contributed by atoms with Gasteiger partial charge in [-0.05, 0) is 43.7 Å². The molecule has 1 atom stereocenters. The number of anilines is 1. The molecule has 0 spiro atoms. The van der Waals surface area contributed by atoms with Crippen molar-refractivity contribution in [3.8, 4) is 0 Å². The Hall–Kier alpha value is -1.89. The van der Waals surface area contributed by atoms with Gasteiger partial charge in [0.2, 0.25) is 0 Å². The van der Waals surface area contributed by atoms with Gasteiger partial charge in [0.25, 0.3) is 5.91 Å². The quantitative estimate of drug-likeness (QED) is 0.517. The maximum Gasteiger partial charge on any atom is 0.307 e. The molecular formula is C18H17Cl2NO4S. The SMILES string of the molecule is Cc1ccc(Cl)cc1NC(=O)[C@@H](C)OC(=O)CCC(=O)c1ccc(Cl)s1. The summed E-state index contributed by atoms with van der Waals surface area (Å²) in [6.45, 7) is 3.29. The van der Waals surface area contributed by atoms with Crippen molar-refractivity contribution in [1.29, 1.82) is 0 Å². The van der Waals surface area contributed by atoms with Gasteiger partial charge in [-0.25, -0.2) is 0 Å². The molecule has 0 fully saturated rings. The predicted octanol–water partition coefficient (Wildman–Crippen LogP) is 4.90. The number of esters is 1. The minimum Gasteiger partial charge on any atom is -0.453 e. The van der Waals surface area contributed by atoms with E-state index in [0.29, 0.717) is 19.9 Å². The molecule has 0 saturated carbocycles. The Bertz CT molecular complexity index is 834. The lowest BCUT2D eigenvalue weighted by atomic mass is 10.2. The summed E-state index contributed by atoms with van der Waals surface area (Å²) in [5.74, 6) is -1.28. The summed E-state index contributed by atoms with van der Waals surface area (Å²) in [4.78, 5) is 36.5. The molecule has 5 nitrogen and oxygen atoms in total. The predicted molar refractivity (Wildman–Crippen MR) is 103 cm³/mol. The standard InChI is InChI=1S/C18H17Cl2NO4S/c1-10-3-4-12(19)9-13(10)21-18(24)11(2)25-17(23)8-5-14(22)15-6-7-16(20)26-15/h3-4,6-7,9,11H,5,8H2,1-2H3,(H,21,24)/t11-/m1/s1. The second-order valence-corrected chi connectivity index (χ2v) is 7.76. The van der Waals surface area contributed by atoms with E-state index in [1.807, 2.05) is 6.92 Å². The molecule has 26 heavy (non-hydrogen) atoms. The number of halogens is 2. The third kappa shape index (κ3) is 5.83. The van der Waals surface area contributed by atoms with Gasteiger partial charge >= 0.3 is 5.97 Å². The zero-order valence-corrected chi connectivity index (χ0v) is 16.5. The molecular weight excluding hydrogens is 397 g/mol. The average Bonchev–Trinajstić information content (AvgIpc) is 3.02. The summed E-state index contributed by atoms with van der Waals surface area (Å²) in [7, 11) is 0. The van der Waals surface area contributed by atoms with Crippen LogP contribution in [0.5, 0.6) is 0 Å². The Morgan fingerprint density at radius 1 is 1.15 bits per heavy atom. The molecule has 0 aliphatic rings. The van der Waals surface area contributed by atoms with E-state index in [0.717, 1.165) is 16.9 Å². The van der Waals surface area contributed by atoms with Crippen molar-refractivity contribution in [2.75, 3.05) is 5.32 Å². The van der Waals surface area contributed by atoms with Crippen LogP contribution in [0.1, 0.15) is 35.0 Å². The molecule has 1 amide bonds. The van der Waals surface area contributed by atoms with Gasteiger partial charge in [0.1, 0.15) is 0 Å². The van der Waals surface area contributed by atoms with Crippen LogP contribution in [-0.2, 0) is 14.3 Å². The van der Waals surface area contributed by atoms with Gasteiger partial charge in [-0.15, -0.1) is 11.3 Å². The minimum absolute atomic E-state index is 0.00256. The fraction of sp³-hybridized carbons (Fsp3) is 0.278. The normalized spacial score (nSPS) is 11.7. The molecule has 0 aliphatic heterocycles. The molecule has 0 radical (unpaired) electrons. The van der Waals surface area contributed by atoms with Crippen LogP contribution in [0.25, 0.3) is 0 Å². The van der Waals surface area contributed by atoms with Gasteiger partial charge in [-0.1, -0.05) is 29.3 Å². The third-order valence-corrected chi connectivity index (χ3v) is 5.05. The van der Waals surface area contributed by atoms with Crippen LogP contribution in [0.15, 0.2) is 30.3 Å².